The van der Waals surface area contributed by atoms with Crippen LogP contribution in [0.2, 0.25) is 0 Å². The van der Waals surface area contributed by atoms with Crippen LogP contribution >= 0.6 is 0 Å². The third-order valence-electron chi connectivity index (χ3n) is 11.7. The summed E-state index contributed by atoms with van der Waals surface area (Å²) in [4.78, 5) is 22.5. The van der Waals surface area contributed by atoms with Gasteiger partial charge in [0.1, 0.15) is 0 Å². The van der Waals surface area contributed by atoms with Crippen LogP contribution in [0, 0.1) is 0 Å². The molecule has 0 atom stereocenters. The molecule has 0 amide bonds. The molecule has 0 aromatic rings. The number of aliphatic carboxylic acids is 1. The average molecular weight is 775 g/mol. The number of allylic oxidation sites excluding steroid dienone is 2. The van der Waals surface area contributed by atoms with E-state index < -0.39 is 5.97 Å². The number of ether oxygens (including phenoxy) is 1. The van der Waals surface area contributed by atoms with E-state index in [-0.39, 0.29) is 5.97 Å². The van der Waals surface area contributed by atoms with Gasteiger partial charge in [0.15, 0.2) is 0 Å². The zero-order chi connectivity index (χ0) is 39.8. The first kappa shape index (κ1) is 53.7. The van der Waals surface area contributed by atoms with Crippen molar-refractivity contribution in [1.29, 1.82) is 0 Å². The van der Waals surface area contributed by atoms with E-state index in [1.165, 1.54) is 244 Å². The highest BCUT2D eigenvalue weighted by atomic mass is 16.5. The van der Waals surface area contributed by atoms with Crippen LogP contribution in [0.5, 0.6) is 0 Å². The first-order chi connectivity index (χ1) is 27.2. The lowest BCUT2D eigenvalue weighted by Crippen LogP contribution is -2.05. The molecule has 0 unspecified atom stereocenters. The molecule has 0 spiro atoms. The van der Waals surface area contributed by atoms with Crippen molar-refractivity contribution in [2.45, 2.75) is 296 Å². The first-order valence-corrected chi connectivity index (χ1v) is 25.2. The topological polar surface area (TPSA) is 63.6 Å². The lowest BCUT2D eigenvalue weighted by atomic mass is 10.0. The fourth-order valence-corrected chi connectivity index (χ4v) is 7.93. The molecule has 0 radical (unpaired) electrons. The molecular formula is C51H98O4. The highest BCUT2D eigenvalue weighted by Gasteiger charge is 2.03. The molecule has 0 saturated carbocycles. The number of esters is 1. The summed E-state index contributed by atoms with van der Waals surface area (Å²) in [7, 11) is 0. The number of hydrogen-bond acceptors (Lipinski definition) is 3. The lowest BCUT2D eigenvalue weighted by molar-refractivity contribution is -0.144. The molecule has 4 nitrogen and oxygen atoms in total. The summed E-state index contributed by atoms with van der Waals surface area (Å²) >= 11 is 0. The Morgan fingerprint density at radius 3 is 0.909 bits per heavy atom. The van der Waals surface area contributed by atoms with Crippen molar-refractivity contribution in [3.05, 3.63) is 12.2 Å². The second-order valence-electron chi connectivity index (χ2n) is 17.3. The molecule has 0 saturated heterocycles. The van der Waals surface area contributed by atoms with Gasteiger partial charge in [0.05, 0.1) is 6.61 Å². The zero-order valence-electron chi connectivity index (χ0n) is 37.4. The summed E-state index contributed by atoms with van der Waals surface area (Å²) in [6.07, 6.45) is 62.9. The van der Waals surface area contributed by atoms with E-state index in [0.29, 0.717) is 19.4 Å². The molecule has 55 heavy (non-hydrogen) atoms. The van der Waals surface area contributed by atoms with Gasteiger partial charge in [0.25, 0.3) is 0 Å². The molecule has 0 aliphatic rings. The Morgan fingerprint density at radius 2 is 0.600 bits per heavy atom. The Balaban J connectivity index is 3.15. The second-order valence-corrected chi connectivity index (χ2v) is 17.3. The summed E-state index contributed by atoms with van der Waals surface area (Å²) in [5.74, 6) is -0.638. The second kappa shape index (κ2) is 48.8. The number of rotatable bonds is 48. The zero-order valence-corrected chi connectivity index (χ0v) is 37.4. The molecule has 0 aromatic heterocycles. The van der Waals surface area contributed by atoms with Crippen LogP contribution in [0.25, 0.3) is 0 Å². The largest absolute Gasteiger partial charge is 0.481 e. The van der Waals surface area contributed by atoms with Crippen LogP contribution in [0.4, 0.5) is 0 Å². The minimum atomic E-state index is -0.652. The molecule has 1 N–H and O–H groups in total. The van der Waals surface area contributed by atoms with Gasteiger partial charge in [0, 0.05) is 12.8 Å². The maximum absolute atomic E-state index is 12.0. The molecule has 0 fully saturated rings. The van der Waals surface area contributed by atoms with E-state index in [4.69, 9.17) is 9.84 Å². The predicted octanol–water partition coefficient (Wildman–Crippen LogP) is 17.7. The third kappa shape index (κ3) is 50.7. The fraction of sp³-hybridized carbons (Fsp3) is 0.922. The van der Waals surface area contributed by atoms with Crippen LogP contribution < -0.4 is 0 Å². The van der Waals surface area contributed by atoms with Crippen molar-refractivity contribution in [1.82, 2.24) is 0 Å². The van der Waals surface area contributed by atoms with Crippen molar-refractivity contribution in [2.24, 2.45) is 0 Å². The summed E-state index contributed by atoms with van der Waals surface area (Å²) < 4.78 is 5.47. The molecule has 0 aromatic carbocycles. The molecule has 0 aliphatic carbocycles. The first-order valence-electron chi connectivity index (χ1n) is 25.2. The maximum Gasteiger partial charge on any atom is 0.305 e. The quantitative estimate of drug-likeness (QED) is 0.0380. The van der Waals surface area contributed by atoms with Gasteiger partial charge in [0.2, 0.25) is 0 Å². The van der Waals surface area contributed by atoms with Crippen LogP contribution in [-0.4, -0.2) is 23.7 Å². The predicted molar refractivity (Wildman–Crippen MR) is 241 cm³/mol. The Morgan fingerprint density at radius 1 is 0.345 bits per heavy atom. The maximum atomic E-state index is 12.0. The number of carboxylic acids is 1. The van der Waals surface area contributed by atoms with Gasteiger partial charge >= 0.3 is 11.9 Å². The van der Waals surface area contributed by atoms with Gasteiger partial charge in [-0.25, -0.2) is 0 Å². The molecule has 0 aliphatic heterocycles. The molecule has 326 valence electrons. The number of carboxylic acid groups (broad SMARTS) is 1. The van der Waals surface area contributed by atoms with Crippen molar-refractivity contribution >= 4 is 11.9 Å². The minimum Gasteiger partial charge on any atom is -0.481 e. The van der Waals surface area contributed by atoms with Crippen LogP contribution in [0.1, 0.15) is 296 Å². The molecule has 0 bridgehead atoms. The van der Waals surface area contributed by atoms with E-state index in [2.05, 4.69) is 19.1 Å². The number of hydrogen-bond donors (Lipinski definition) is 1. The van der Waals surface area contributed by atoms with Gasteiger partial charge in [-0.15, -0.1) is 0 Å². The fourth-order valence-electron chi connectivity index (χ4n) is 7.93. The SMILES string of the molecule is CCCCCCCC/C=C\CCCCCCCC(=O)OCCCCCCCCCCCCCCCCCCCCCCCCCCCCCCCCC(=O)O. The minimum absolute atomic E-state index is 0.0143. The Bertz CT molecular complexity index is 777. The number of carbonyl (C=O) groups excluding carboxylic acids is 1. The third-order valence-corrected chi connectivity index (χ3v) is 11.7. The molecule has 0 rings (SSSR count). The lowest BCUT2D eigenvalue weighted by Gasteiger charge is -2.06. The summed E-state index contributed by atoms with van der Waals surface area (Å²) in [6.45, 7) is 2.90. The number of unbranched alkanes of at least 4 members (excludes halogenated alkanes) is 40. The molecule has 4 heteroatoms. The highest BCUT2D eigenvalue weighted by molar-refractivity contribution is 5.69. The monoisotopic (exact) mass is 775 g/mol. The van der Waals surface area contributed by atoms with Gasteiger partial charge in [-0.2, -0.15) is 0 Å². The van der Waals surface area contributed by atoms with Crippen molar-refractivity contribution in [3.63, 3.8) is 0 Å². The van der Waals surface area contributed by atoms with Crippen molar-refractivity contribution in [3.8, 4) is 0 Å². The Kier molecular flexibility index (Phi) is 47.7. The summed E-state index contributed by atoms with van der Waals surface area (Å²) in [5, 5.41) is 8.66. The van der Waals surface area contributed by atoms with Gasteiger partial charge in [-0.1, -0.05) is 250 Å². The van der Waals surface area contributed by atoms with Gasteiger partial charge in [-0.3, -0.25) is 9.59 Å². The average Bonchev–Trinajstić information content (AvgIpc) is 3.18. The molecule has 0 heterocycles. The standard InChI is InChI=1S/C51H98O4/c1-2-3-4-5-6-7-8-9-26-30-33-36-39-42-45-48-51(54)55-49-46-43-40-37-34-31-28-25-23-21-19-17-15-13-11-10-12-14-16-18-20-22-24-27-29-32-35-38-41-44-47-50(52)53/h9,26H,2-8,10-25,27-49H2,1H3,(H,52,53)/b26-9-. The van der Waals surface area contributed by atoms with E-state index in [0.717, 1.165) is 32.1 Å². The van der Waals surface area contributed by atoms with E-state index in [9.17, 15) is 9.59 Å². The molecular weight excluding hydrogens is 677 g/mol. The van der Waals surface area contributed by atoms with E-state index in [1.807, 2.05) is 0 Å². The van der Waals surface area contributed by atoms with E-state index >= 15 is 0 Å². The van der Waals surface area contributed by atoms with Crippen molar-refractivity contribution in [2.75, 3.05) is 6.61 Å². The summed E-state index contributed by atoms with van der Waals surface area (Å²) in [6, 6.07) is 0. The normalized spacial score (nSPS) is 11.6. The van der Waals surface area contributed by atoms with E-state index in [1.54, 1.807) is 0 Å². The van der Waals surface area contributed by atoms with Crippen molar-refractivity contribution < 1.29 is 19.4 Å². The number of carbonyl (C=O) groups is 2. The van der Waals surface area contributed by atoms with Crippen LogP contribution in [0.15, 0.2) is 12.2 Å². The van der Waals surface area contributed by atoms with Crippen LogP contribution in [0.3, 0.4) is 0 Å². The Hall–Kier alpha value is -1.32. The van der Waals surface area contributed by atoms with Gasteiger partial charge < -0.3 is 9.84 Å². The van der Waals surface area contributed by atoms with Gasteiger partial charge in [-0.05, 0) is 44.9 Å². The summed E-state index contributed by atoms with van der Waals surface area (Å²) in [5.41, 5.74) is 0. The van der Waals surface area contributed by atoms with Crippen LogP contribution in [-0.2, 0) is 14.3 Å². The smallest absolute Gasteiger partial charge is 0.305 e. The Labute approximate surface area is 345 Å². The highest BCUT2D eigenvalue weighted by Crippen LogP contribution is 2.17.